The van der Waals surface area contributed by atoms with E-state index in [-0.39, 0.29) is 0 Å². The Morgan fingerprint density at radius 2 is 2.36 bits per heavy atom. The minimum Gasteiger partial charge on any atom is -0.313 e. The average Bonchev–Trinajstić information content (AvgIpc) is 2.55. The molecule has 0 aliphatic carbocycles. The summed E-state index contributed by atoms with van der Waals surface area (Å²) < 4.78 is 2.11. The third-order valence-corrected chi connectivity index (χ3v) is 2.41. The third-order valence-electron chi connectivity index (χ3n) is 2.22. The van der Waals surface area contributed by atoms with E-state index in [0.29, 0.717) is 5.88 Å². The number of rotatable bonds is 3. The molecule has 0 atom stereocenters. The lowest BCUT2D eigenvalue weighted by Crippen LogP contribution is -2.02. The Balaban J connectivity index is 2.60. The molecule has 3 nitrogen and oxygen atoms in total. The molecule has 2 aromatic heterocycles. The van der Waals surface area contributed by atoms with Crippen LogP contribution in [0.2, 0.25) is 0 Å². The zero-order valence-corrected chi connectivity index (χ0v) is 8.83. The first-order valence-corrected chi connectivity index (χ1v) is 5.26. The Morgan fingerprint density at radius 1 is 1.50 bits per heavy atom. The summed E-state index contributed by atoms with van der Waals surface area (Å²) in [7, 11) is 0. The first kappa shape index (κ1) is 9.46. The maximum atomic E-state index is 5.72. The number of nitrogens with zero attached hydrogens (tertiary/aromatic N) is 3. The molecule has 0 spiro atoms. The molecule has 0 saturated heterocycles. The van der Waals surface area contributed by atoms with E-state index in [1.165, 1.54) is 0 Å². The van der Waals surface area contributed by atoms with Gasteiger partial charge >= 0.3 is 0 Å². The second-order valence-electron chi connectivity index (χ2n) is 3.06. The highest BCUT2D eigenvalue weighted by Gasteiger charge is 2.08. The second kappa shape index (κ2) is 3.96. The molecule has 0 N–H and O–H groups in total. The second-order valence-corrected chi connectivity index (χ2v) is 3.44. The zero-order chi connectivity index (χ0) is 9.97. The van der Waals surface area contributed by atoms with Crippen molar-refractivity contribution in [1.29, 1.82) is 0 Å². The molecule has 0 unspecified atom stereocenters. The van der Waals surface area contributed by atoms with E-state index in [1.54, 1.807) is 6.20 Å². The van der Waals surface area contributed by atoms with Gasteiger partial charge in [-0.2, -0.15) is 0 Å². The molecule has 2 rings (SSSR count). The van der Waals surface area contributed by atoms with Gasteiger partial charge in [-0.25, -0.2) is 9.97 Å². The third kappa shape index (κ3) is 1.48. The van der Waals surface area contributed by atoms with Crippen molar-refractivity contribution in [2.45, 2.75) is 19.9 Å². The number of imidazole rings is 1. The summed E-state index contributed by atoms with van der Waals surface area (Å²) in [6.45, 7) is 2.98. The van der Waals surface area contributed by atoms with E-state index < -0.39 is 0 Å². The molecule has 0 radical (unpaired) electrons. The van der Waals surface area contributed by atoms with Crippen LogP contribution in [0.25, 0.3) is 11.2 Å². The Hall–Kier alpha value is -1.09. The van der Waals surface area contributed by atoms with Crippen molar-refractivity contribution in [3.05, 3.63) is 24.2 Å². The van der Waals surface area contributed by atoms with Crippen molar-refractivity contribution in [3.63, 3.8) is 0 Å². The number of fused-ring (bicyclic) bond motifs is 1. The van der Waals surface area contributed by atoms with Gasteiger partial charge in [0.2, 0.25) is 0 Å². The van der Waals surface area contributed by atoms with Crippen LogP contribution in [-0.4, -0.2) is 20.4 Å². The van der Waals surface area contributed by atoms with Crippen molar-refractivity contribution in [1.82, 2.24) is 14.5 Å². The van der Waals surface area contributed by atoms with Crippen LogP contribution in [0.3, 0.4) is 0 Å². The molecule has 0 fully saturated rings. The number of alkyl halides is 1. The van der Waals surface area contributed by atoms with E-state index in [1.807, 2.05) is 12.1 Å². The molecule has 74 valence electrons. The van der Waals surface area contributed by atoms with Gasteiger partial charge in [0.15, 0.2) is 5.65 Å². The van der Waals surface area contributed by atoms with Gasteiger partial charge in [-0.05, 0) is 19.1 Å². The lowest BCUT2D eigenvalue weighted by Gasteiger charge is -2.02. The van der Waals surface area contributed by atoms with Crippen LogP contribution in [0.5, 0.6) is 0 Å². The van der Waals surface area contributed by atoms with Crippen LogP contribution < -0.4 is 0 Å². The molecule has 4 heteroatoms. The smallest absolute Gasteiger partial charge is 0.159 e. The first-order valence-electron chi connectivity index (χ1n) is 4.73. The van der Waals surface area contributed by atoms with Gasteiger partial charge < -0.3 is 4.57 Å². The molecular weight excluding hydrogens is 198 g/mol. The number of aromatic nitrogens is 3. The van der Waals surface area contributed by atoms with E-state index in [9.17, 15) is 0 Å². The summed E-state index contributed by atoms with van der Waals surface area (Å²) in [4.78, 5) is 8.80. The standard InChI is InChI=1S/C10H12ClN3/c1-2-14-9(5-6-11)13-8-4-3-7-12-10(8)14/h3-4,7H,2,5-6H2,1H3. The Bertz CT molecular complexity index is 436. The zero-order valence-electron chi connectivity index (χ0n) is 8.07. The predicted molar refractivity (Wildman–Crippen MR) is 57.6 cm³/mol. The number of halogens is 1. The van der Waals surface area contributed by atoms with Gasteiger partial charge in [-0.15, -0.1) is 11.6 Å². The number of aryl methyl sites for hydroxylation is 2. The van der Waals surface area contributed by atoms with Crippen LogP contribution in [0.1, 0.15) is 12.7 Å². The largest absolute Gasteiger partial charge is 0.313 e. The normalized spacial score (nSPS) is 11.0. The predicted octanol–water partition coefficient (Wildman–Crippen LogP) is 2.23. The Kier molecular flexibility index (Phi) is 2.68. The average molecular weight is 210 g/mol. The van der Waals surface area contributed by atoms with Crippen molar-refractivity contribution in [2.75, 3.05) is 5.88 Å². The molecule has 0 aromatic carbocycles. The Morgan fingerprint density at radius 3 is 3.07 bits per heavy atom. The number of hydrogen-bond donors (Lipinski definition) is 0. The van der Waals surface area contributed by atoms with Crippen molar-refractivity contribution < 1.29 is 0 Å². The fourth-order valence-electron chi connectivity index (χ4n) is 1.61. The van der Waals surface area contributed by atoms with E-state index in [4.69, 9.17) is 11.6 Å². The van der Waals surface area contributed by atoms with Crippen LogP contribution in [-0.2, 0) is 13.0 Å². The van der Waals surface area contributed by atoms with Crippen LogP contribution in [0, 0.1) is 0 Å². The number of hydrogen-bond acceptors (Lipinski definition) is 2. The van der Waals surface area contributed by atoms with E-state index in [2.05, 4.69) is 21.5 Å². The lowest BCUT2D eigenvalue weighted by atomic mass is 10.4. The first-order chi connectivity index (χ1) is 6.86. The molecule has 0 amide bonds. The minimum atomic E-state index is 0.601. The highest BCUT2D eigenvalue weighted by atomic mass is 35.5. The van der Waals surface area contributed by atoms with Crippen LogP contribution >= 0.6 is 11.6 Å². The summed E-state index contributed by atoms with van der Waals surface area (Å²) in [6, 6.07) is 3.88. The van der Waals surface area contributed by atoms with Crippen LogP contribution in [0.4, 0.5) is 0 Å². The summed E-state index contributed by atoms with van der Waals surface area (Å²) in [6.07, 6.45) is 2.59. The highest BCUT2D eigenvalue weighted by molar-refractivity contribution is 6.17. The maximum absolute atomic E-state index is 5.72. The summed E-state index contributed by atoms with van der Waals surface area (Å²) >= 11 is 5.72. The van der Waals surface area contributed by atoms with Gasteiger partial charge in [0.25, 0.3) is 0 Å². The summed E-state index contributed by atoms with van der Waals surface area (Å²) in [5.41, 5.74) is 1.91. The SMILES string of the molecule is CCn1c(CCCl)nc2cccnc21. The van der Waals surface area contributed by atoms with Gasteiger partial charge in [-0.3, -0.25) is 0 Å². The maximum Gasteiger partial charge on any atom is 0.159 e. The van der Waals surface area contributed by atoms with E-state index >= 15 is 0 Å². The van der Waals surface area contributed by atoms with Crippen molar-refractivity contribution in [3.8, 4) is 0 Å². The highest BCUT2D eigenvalue weighted by Crippen LogP contribution is 2.13. The fraction of sp³-hybridized carbons (Fsp3) is 0.400. The molecule has 0 aliphatic rings. The topological polar surface area (TPSA) is 30.7 Å². The lowest BCUT2D eigenvalue weighted by molar-refractivity contribution is 0.720. The summed E-state index contributed by atoms with van der Waals surface area (Å²) in [5.74, 6) is 1.62. The molecule has 0 saturated carbocycles. The molecule has 0 bridgehead atoms. The molecule has 0 aliphatic heterocycles. The van der Waals surface area contributed by atoms with Crippen molar-refractivity contribution in [2.24, 2.45) is 0 Å². The fourth-order valence-corrected chi connectivity index (χ4v) is 1.78. The number of pyridine rings is 1. The Labute approximate surface area is 87.7 Å². The molecule has 2 heterocycles. The molecule has 14 heavy (non-hydrogen) atoms. The van der Waals surface area contributed by atoms with Crippen LogP contribution in [0.15, 0.2) is 18.3 Å². The minimum absolute atomic E-state index is 0.601. The molecule has 2 aromatic rings. The van der Waals surface area contributed by atoms with Gasteiger partial charge in [0.1, 0.15) is 11.3 Å². The quantitative estimate of drug-likeness (QED) is 0.726. The molecular formula is C10H12ClN3. The van der Waals surface area contributed by atoms with Crippen molar-refractivity contribution >= 4 is 22.8 Å². The van der Waals surface area contributed by atoms with Gasteiger partial charge in [-0.1, -0.05) is 0 Å². The van der Waals surface area contributed by atoms with E-state index in [0.717, 1.165) is 30.0 Å². The monoisotopic (exact) mass is 209 g/mol. The summed E-state index contributed by atoms with van der Waals surface area (Å²) in [5, 5.41) is 0. The van der Waals surface area contributed by atoms with Gasteiger partial charge in [0, 0.05) is 25.0 Å². The van der Waals surface area contributed by atoms with Gasteiger partial charge in [0.05, 0.1) is 0 Å².